The van der Waals surface area contributed by atoms with Crippen LogP contribution in [0.3, 0.4) is 0 Å². The number of thiazole rings is 1. The van der Waals surface area contributed by atoms with Gasteiger partial charge in [0.15, 0.2) is 16.3 Å². The highest BCUT2D eigenvalue weighted by atomic mass is 79.9. The van der Waals surface area contributed by atoms with Crippen molar-refractivity contribution in [2.45, 2.75) is 19.6 Å². The van der Waals surface area contributed by atoms with Crippen LogP contribution >= 0.6 is 50.2 Å². The summed E-state index contributed by atoms with van der Waals surface area (Å²) in [4.78, 5) is 33.8. The number of esters is 1. The zero-order valence-electron chi connectivity index (χ0n) is 24.2. The second-order valence-electron chi connectivity index (χ2n) is 9.90. The van der Waals surface area contributed by atoms with Crippen molar-refractivity contribution in [2.24, 2.45) is 4.99 Å². The van der Waals surface area contributed by atoms with Gasteiger partial charge in [0.05, 0.1) is 34.5 Å². The van der Waals surface area contributed by atoms with Crippen molar-refractivity contribution in [1.29, 1.82) is 0 Å². The first-order valence-corrected chi connectivity index (χ1v) is 16.8. The molecule has 228 valence electrons. The molecule has 1 aliphatic rings. The second kappa shape index (κ2) is 13.6. The molecule has 0 fully saturated rings. The molecule has 0 aliphatic carbocycles. The predicted molar refractivity (Wildman–Crippen MR) is 182 cm³/mol. The Bertz CT molecular complexity index is 2070. The van der Waals surface area contributed by atoms with E-state index in [4.69, 9.17) is 30.8 Å². The molecule has 2 aromatic heterocycles. The lowest BCUT2D eigenvalue weighted by Gasteiger charge is -2.24. The molecule has 0 saturated carbocycles. The van der Waals surface area contributed by atoms with Gasteiger partial charge in [-0.25, -0.2) is 9.79 Å². The molecular weight excluding hydrogens is 696 g/mol. The van der Waals surface area contributed by atoms with Crippen molar-refractivity contribution in [1.82, 2.24) is 4.57 Å². The number of benzene rings is 3. The first-order valence-electron chi connectivity index (χ1n) is 13.9. The zero-order chi connectivity index (χ0) is 31.5. The van der Waals surface area contributed by atoms with E-state index in [1.54, 1.807) is 36.8 Å². The molecule has 1 aliphatic heterocycles. The fourth-order valence-corrected chi connectivity index (χ4v) is 7.37. The first-order chi connectivity index (χ1) is 21.9. The minimum atomic E-state index is -0.704. The summed E-state index contributed by atoms with van der Waals surface area (Å²) in [6.45, 7) is 2.25. The van der Waals surface area contributed by atoms with Crippen molar-refractivity contribution in [3.05, 3.63) is 141 Å². The van der Waals surface area contributed by atoms with Crippen molar-refractivity contribution in [3.8, 4) is 11.5 Å². The molecule has 7 nitrogen and oxygen atoms in total. The number of ether oxygens (including phenoxy) is 3. The molecule has 0 unspecified atom stereocenters. The molecule has 5 aromatic rings. The van der Waals surface area contributed by atoms with E-state index in [0.717, 1.165) is 20.5 Å². The van der Waals surface area contributed by atoms with Gasteiger partial charge in [-0.2, -0.15) is 0 Å². The van der Waals surface area contributed by atoms with E-state index in [1.165, 1.54) is 22.7 Å². The molecular formula is C34H26BrClN2O5S2. The third kappa shape index (κ3) is 6.41. The van der Waals surface area contributed by atoms with E-state index in [2.05, 4.69) is 15.9 Å². The van der Waals surface area contributed by atoms with Crippen molar-refractivity contribution in [2.75, 3.05) is 13.7 Å². The molecule has 0 spiro atoms. The zero-order valence-corrected chi connectivity index (χ0v) is 28.1. The number of nitrogens with zero attached hydrogens (tertiary/aromatic N) is 2. The maximum atomic E-state index is 14.1. The standard InChI is InChI=1S/C34H26BrClN2O5S2/c1-3-42-33(40)28-29(22-8-5-4-6-9-22)37-34-38(30(28)26-10-7-15-44-26)32(39)27(45-34)18-21-16-24(36)31(25(17-21)41-2)43-19-20-11-13-23(35)14-12-20/h4-18,30H,3,19H2,1-2H3/b27-18-/t30-/m1/s1. The Balaban J connectivity index is 1.46. The normalized spacial score (nSPS) is 14.6. The van der Waals surface area contributed by atoms with Gasteiger partial charge in [0, 0.05) is 14.9 Å². The Hall–Kier alpha value is -3.96. The Labute approximate surface area is 280 Å². The van der Waals surface area contributed by atoms with E-state index in [9.17, 15) is 9.59 Å². The molecule has 3 aromatic carbocycles. The number of aromatic nitrogens is 1. The molecule has 3 heterocycles. The topological polar surface area (TPSA) is 79.1 Å². The van der Waals surface area contributed by atoms with Gasteiger partial charge in [-0.3, -0.25) is 9.36 Å². The number of methoxy groups -OCH3 is 1. The van der Waals surface area contributed by atoms with Crippen LogP contribution in [0, 0.1) is 0 Å². The Morgan fingerprint density at radius 3 is 2.56 bits per heavy atom. The number of hydrogen-bond donors (Lipinski definition) is 0. The van der Waals surface area contributed by atoms with Gasteiger partial charge in [-0.1, -0.05) is 87.4 Å². The molecule has 11 heteroatoms. The van der Waals surface area contributed by atoms with E-state index in [1.807, 2.05) is 72.1 Å². The number of rotatable bonds is 9. The summed E-state index contributed by atoms with van der Waals surface area (Å²) >= 11 is 12.8. The summed E-state index contributed by atoms with van der Waals surface area (Å²) in [7, 11) is 1.54. The highest BCUT2D eigenvalue weighted by molar-refractivity contribution is 9.10. The fourth-order valence-electron chi connectivity index (χ4n) is 5.01. The number of halogens is 2. The monoisotopic (exact) mass is 720 g/mol. The lowest BCUT2D eigenvalue weighted by Crippen LogP contribution is -2.39. The summed E-state index contributed by atoms with van der Waals surface area (Å²) in [6, 6.07) is 23.9. The van der Waals surface area contributed by atoms with Crippen LogP contribution in [0.1, 0.15) is 34.5 Å². The maximum Gasteiger partial charge on any atom is 0.338 e. The van der Waals surface area contributed by atoms with Crippen LogP contribution in [0.4, 0.5) is 0 Å². The SMILES string of the molecule is CCOC(=O)C1=C(c2ccccc2)N=c2s/c(=C\c3cc(Cl)c(OCc4ccc(Br)cc4)c(OC)c3)c(=O)n2[C@@H]1c1cccs1. The maximum absolute atomic E-state index is 14.1. The van der Waals surface area contributed by atoms with Gasteiger partial charge in [0.25, 0.3) is 5.56 Å². The smallest absolute Gasteiger partial charge is 0.338 e. The Morgan fingerprint density at radius 2 is 1.87 bits per heavy atom. The fraction of sp³-hybridized carbons (Fsp3) is 0.147. The van der Waals surface area contributed by atoms with Gasteiger partial charge in [-0.15, -0.1) is 11.3 Å². The minimum absolute atomic E-state index is 0.192. The van der Waals surface area contributed by atoms with Crippen molar-refractivity contribution >= 4 is 67.9 Å². The van der Waals surface area contributed by atoms with Crippen LogP contribution < -0.4 is 24.4 Å². The summed E-state index contributed by atoms with van der Waals surface area (Å²) < 4.78 is 20.1. The van der Waals surface area contributed by atoms with Crippen molar-refractivity contribution in [3.63, 3.8) is 0 Å². The largest absolute Gasteiger partial charge is 0.493 e. The molecule has 6 rings (SSSR count). The van der Waals surface area contributed by atoms with Crippen LogP contribution in [0.25, 0.3) is 11.8 Å². The lowest BCUT2D eigenvalue weighted by molar-refractivity contribution is -0.138. The lowest BCUT2D eigenvalue weighted by atomic mass is 9.97. The quantitative estimate of drug-likeness (QED) is 0.153. The first kappa shape index (κ1) is 31.0. The number of hydrogen-bond acceptors (Lipinski definition) is 8. The number of carbonyl (C=O) groups is 1. The number of carbonyl (C=O) groups excluding carboxylic acids is 1. The van der Waals surface area contributed by atoms with Crippen molar-refractivity contribution < 1.29 is 19.0 Å². The number of fused-ring (bicyclic) bond motifs is 1. The minimum Gasteiger partial charge on any atom is -0.493 e. The molecule has 0 saturated heterocycles. The van der Waals surface area contributed by atoms with Crippen LogP contribution in [-0.2, 0) is 16.1 Å². The molecule has 0 bridgehead atoms. The molecule has 0 N–H and O–H groups in total. The average molecular weight is 722 g/mol. The van der Waals surface area contributed by atoms with Gasteiger partial charge in [0.1, 0.15) is 12.6 Å². The van der Waals surface area contributed by atoms with Gasteiger partial charge >= 0.3 is 5.97 Å². The third-order valence-electron chi connectivity index (χ3n) is 7.03. The highest BCUT2D eigenvalue weighted by Gasteiger charge is 2.35. The highest BCUT2D eigenvalue weighted by Crippen LogP contribution is 2.38. The molecule has 45 heavy (non-hydrogen) atoms. The van der Waals surface area contributed by atoms with E-state index >= 15 is 0 Å². The van der Waals surface area contributed by atoms with Gasteiger partial charge in [-0.05, 0) is 59.8 Å². The summed E-state index contributed by atoms with van der Waals surface area (Å²) in [5, 5.41) is 2.27. The van der Waals surface area contributed by atoms with E-state index in [-0.39, 0.29) is 12.2 Å². The van der Waals surface area contributed by atoms with E-state index < -0.39 is 12.0 Å². The third-order valence-corrected chi connectivity index (χ3v) is 9.75. The van der Waals surface area contributed by atoms with Crippen LogP contribution in [0.15, 0.2) is 104 Å². The van der Waals surface area contributed by atoms with Gasteiger partial charge in [0.2, 0.25) is 0 Å². The second-order valence-corrected chi connectivity index (χ2v) is 13.2. The van der Waals surface area contributed by atoms with Gasteiger partial charge < -0.3 is 14.2 Å². The Morgan fingerprint density at radius 1 is 1.09 bits per heavy atom. The van der Waals surface area contributed by atoms with Crippen LogP contribution in [-0.4, -0.2) is 24.3 Å². The van der Waals surface area contributed by atoms with Crippen LogP contribution in [0.5, 0.6) is 11.5 Å². The summed E-state index contributed by atoms with van der Waals surface area (Å²) in [5.41, 5.74) is 2.91. The molecule has 1 atom stereocenters. The van der Waals surface area contributed by atoms with E-state index in [0.29, 0.717) is 49.3 Å². The molecule has 0 radical (unpaired) electrons. The molecule has 0 amide bonds. The summed E-state index contributed by atoms with van der Waals surface area (Å²) in [5.74, 6) is 0.332. The predicted octanol–water partition coefficient (Wildman–Crippen LogP) is 7.00. The summed E-state index contributed by atoms with van der Waals surface area (Å²) in [6.07, 6.45) is 1.75. The average Bonchev–Trinajstić information content (AvgIpc) is 3.69. The van der Waals surface area contributed by atoms with Crippen LogP contribution in [0.2, 0.25) is 5.02 Å². The Kier molecular flexibility index (Phi) is 9.37. The number of thiophene rings is 1.